The average Bonchev–Trinajstić information content (AvgIpc) is 2.75. The Kier molecular flexibility index (Phi) is 4.12. The molecular formula is C17H24N2O3S. The largest absolute Gasteiger partial charge is 0.378 e. The number of carbonyl (C=O) groups is 1. The number of hydrogen-bond donors (Lipinski definition) is 0. The fourth-order valence-corrected chi connectivity index (χ4v) is 5.02. The predicted molar refractivity (Wildman–Crippen MR) is 91.6 cm³/mol. The van der Waals surface area contributed by atoms with Crippen molar-refractivity contribution in [1.29, 1.82) is 0 Å². The molecule has 0 radical (unpaired) electrons. The molecule has 3 rings (SSSR count). The molecule has 0 spiro atoms. The molecule has 1 amide bonds. The Morgan fingerprint density at radius 3 is 2.30 bits per heavy atom. The van der Waals surface area contributed by atoms with E-state index in [1.807, 2.05) is 48.2 Å². The topological polar surface area (TPSA) is 57.7 Å². The van der Waals surface area contributed by atoms with E-state index in [-0.39, 0.29) is 23.2 Å². The van der Waals surface area contributed by atoms with Gasteiger partial charge in [-0.05, 0) is 43.9 Å². The van der Waals surface area contributed by atoms with Crippen molar-refractivity contribution in [3.05, 3.63) is 29.8 Å². The number of nitrogens with zero attached hydrogens (tertiary/aromatic N) is 2. The van der Waals surface area contributed by atoms with Gasteiger partial charge in [0.1, 0.15) is 9.84 Å². The van der Waals surface area contributed by atoms with Crippen LogP contribution in [-0.4, -0.2) is 56.9 Å². The zero-order valence-corrected chi connectivity index (χ0v) is 14.7. The molecule has 126 valence electrons. The summed E-state index contributed by atoms with van der Waals surface area (Å²) in [6.45, 7) is 0. The van der Waals surface area contributed by atoms with E-state index in [1.165, 1.54) is 6.26 Å². The monoisotopic (exact) mass is 336 g/mol. The molecule has 0 saturated carbocycles. The highest BCUT2D eigenvalue weighted by atomic mass is 32.2. The molecule has 0 aliphatic carbocycles. The standard InChI is InChI=1S/C17H24N2O3S/c1-18(2)13-6-4-5-12(9-13)17(20)19-14-7-8-15(19)11-16(10-14)23(3,21)22/h4-6,9,14-16H,7-8,10-11H2,1-3H3. The summed E-state index contributed by atoms with van der Waals surface area (Å²) in [4.78, 5) is 16.9. The van der Waals surface area contributed by atoms with Crippen LogP contribution in [0.2, 0.25) is 0 Å². The van der Waals surface area contributed by atoms with Gasteiger partial charge in [-0.2, -0.15) is 0 Å². The molecule has 2 aliphatic heterocycles. The van der Waals surface area contributed by atoms with Crippen molar-refractivity contribution >= 4 is 21.4 Å². The molecule has 0 aromatic heterocycles. The van der Waals surface area contributed by atoms with Gasteiger partial charge in [0.15, 0.2) is 0 Å². The molecular weight excluding hydrogens is 312 g/mol. The number of benzene rings is 1. The summed E-state index contributed by atoms with van der Waals surface area (Å²) < 4.78 is 23.7. The lowest BCUT2D eigenvalue weighted by atomic mass is 10.0. The summed E-state index contributed by atoms with van der Waals surface area (Å²) in [5, 5.41) is -0.294. The van der Waals surface area contributed by atoms with Gasteiger partial charge < -0.3 is 9.80 Å². The minimum absolute atomic E-state index is 0.0353. The highest BCUT2D eigenvalue weighted by molar-refractivity contribution is 7.91. The number of rotatable bonds is 3. The van der Waals surface area contributed by atoms with Crippen LogP contribution in [0.5, 0.6) is 0 Å². The molecule has 2 aliphatic rings. The first-order valence-corrected chi connectivity index (χ1v) is 10.0. The van der Waals surface area contributed by atoms with E-state index >= 15 is 0 Å². The number of carbonyl (C=O) groups excluding carboxylic acids is 1. The molecule has 2 bridgehead atoms. The third-order valence-corrected chi connectivity index (χ3v) is 6.74. The van der Waals surface area contributed by atoms with Gasteiger partial charge in [0.25, 0.3) is 5.91 Å². The Labute approximate surface area is 138 Å². The molecule has 2 heterocycles. The van der Waals surface area contributed by atoms with Crippen LogP contribution in [0.3, 0.4) is 0 Å². The highest BCUT2D eigenvalue weighted by Gasteiger charge is 2.45. The van der Waals surface area contributed by atoms with Crippen LogP contribution in [0.25, 0.3) is 0 Å². The van der Waals surface area contributed by atoms with E-state index in [0.29, 0.717) is 18.4 Å². The normalized spacial score (nSPS) is 27.1. The zero-order chi connectivity index (χ0) is 16.8. The first-order valence-electron chi connectivity index (χ1n) is 8.06. The molecule has 1 aromatic rings. The highest BCUT2D eigenvalue weighted by Crippen LogP contribution is 2.39. The molecule has 0 N–H and O–H groups in total. The van der Waals surface area contributed by atoms with E-state index in [4.69, 9.17) is 0 Å². The molecule has 6 heteroatoms. The van der Waals surface area contributed by atoms with Gasteiger partial charge in [0.2, 0.25) is 0 Å². The SMILES string of the molecule is CN(C)c1cccc(C(=O)N2C3CCC2CC(S(C)(=O)=O)C3)c1. The van der Waals surface area contributed by atoms with Crippen LogP contribution < -0.4 is 4.90 Å². The van der Waals surface area contributed by atoms with Gasteiger partial charge in [-0.15, -0.1) is 0 Å². The van der Waals surface area contributed by atoms with E-state index in [1.54, 1.807) is 0 Å². The van der Waals surface area contributed by atoms with Crippen LogP contribution in [0.4, 0.5) is 5.69 Å². The fourth-order valence-electron chi connectivity index (χ4n) is 3.87. The maximum atomic E-state index is 12.9. The van der Waals surface area contributed by atoms with Crippen molar-refractivity contribution in [3.63, 3.8) is 0 Å². The van der Waals surface area contributed by atoms with Crippen molar-refractivity contribution in [2.24, 2.45) is 0 Å². The Morgan fingerprint density at radius 2 is 1.78 bits per heavy atom. The number of piperidine rings is 1. The summed E-state index contributed by atoms with van der Waals surface area (Å²) in [7, 11) is 0.871. The van der Waals surface area contributed by atoms with Crippen molar-refractivity contribution in [2.75, 3.05) is 25.3 Å². The maximum Gasteiger partial charge on any atom is 0.254 e. The van der Waals surface area contributed by atoms with Crippen LogP contribution >= 0.6 is 0 Å². The molecule has 2 saturated heterocycles. The molecule has 2 atom stereocenters. The van der Waals surface area contributed by atoms with E-state index < -0.39 is 9.84 Å². The third kappa shape index (κ3) is 3.09. The second kappa shape index (κ2) is 5.82. The van der Waals surface area contributed by atoms with Crippen LogP contribution in [0, 0.1) is 0 Å². The summed E-state index contributed by atoms with van der Waals surface area (Å²) in [6.07, 6.45) is 4.30. The lowest BCUT2D eigenvalue weighted by molar-refractivity contribution is 0.0598. The second-order valence-electron chi connectivity index (χ2n) is 6.97. The van der Waals surface area contributed by atoms with Crippen LogP contribution in [0.15, 0.2) is 24.3 Å². The molecule has 23 heavy (non-hydrogen) atoms. The lowest BCUT2D eigenvalue weighted by Gasteiger charge is -2.38. The van der Waals surface area contributed by atoms with Crippen molar-refractivity contribution < 1.29 is 13.2 Å². The Hall–Kier alpha value is -1.56. The molecule has 5 nitrogen and oxygen atoms in total. The number of hydrogen-bond acceptors (Lipinski definition) is 4. The van der Waals surface area contributed by atoms with Gasteiger partial charge in [0, 0.05) is 43.7 Å². The van der Waals surface area contributed by atoms with Crippen molar-refractivity contribution in [1.82, 2.24) is 4.90 Å². The Morgan fingerprint density at radius 1 is 1.17 bits per heavy atom. The summed E-state index contributed by atoms with van der Waals surface area (Å²) in [6, 6.07) is 7.74. The minimum Gasteiger partial charge on any atom is -0.378 e. The van der Waals surface area contributed by atoms with Crippen molar-refractivity contribution in [2.45, 2.75) is 43.0 Å². The van der Waals surface area contributed by atoms with E-state index in [2.05, 4.69) is 0 Å². The first-order chi connectivity index (χ1) is 10.8. The van der Waals surface area contributed by atoms with E-state index in [9.17, 15) is 13.2 Å². The number of fused-ring (bicyclic) bond motifs is 2. The average molecular weight is 336 g/mol. The minimum atomic E-state index is -3.03. The molecule has 1 aromatic carbocycles. The quantitative estimate of drug-likeness (QED) is 0.846. The number of amides is 1. The van der Waals surface area contributed by atoms with Gasteiger partial charge in [-0.1, -0.05) is 6.07 Å². The smallest absolute Gasteiger partial charge is 0.254 e. The number of anilines is 1. The van der Waals surface area contributed by atoms with E-state index in [0.717, 1.165) is 18.5 Å². The Balaban J connectivity index is 1.83. The summed E-state index contributed by atoms with van der Waals surface area (Å²) in [5.74, 6) is 0.0353. The molecule has 2 fully saturated rings. The summed E-state index contributed by atoms with van der Waals surface area (Å²) >= 11 is 0. The fraction of sp³-hybridized carbons (Fsp3) is 0.588. The van der Waals surface area contributed by atoms with Crippen LogP contribution in [0.1, 0.15) is 36.0 Å². The summed E-state index contributed by atoms with van der Waals surface area (Å²) in [5.41, 5.74) is 1.68. The van der Waals surface area contributed by atoms with Gasteiger partial charge in [0.05, 0.1) is 5.25 Å². The van der Waals surface area contributed by atoms with Gasteiger partial charge >= 0.3 is 0 Å². The predicted octanol–water partition coefficient (Wildman–Crippen LogP) is 1.93. The molecule has 2 unspecified atom stereocenters. The number of sulfone groups is 1. The second-order valence-corrected chi connectivity index (χ2v) is 9.29. The first kappa shape index (κ1) is 16.3. The zero-order valence-electron chi connectivity index (χ0n) is 13.9. The third-order valence-electron chi connectivity index (χ3n) is 5.14. The lowest BCUT2D eigenvalue weighted by Crippen LogP contribution is -2.49. The van der Waals surface area contributed by atoms with Crippen LogP contribution in [-0.2, 0) is 9.84 Å². The van der Waals surface area contributed by atoms with Gasteiger partial charge in [-0.3, -0.25) is 4.79 Å². The van der Waals surface area contributed by atoms with Crippen molar-refractivity contribution in [3.8, 4) is 0 Å². The Bertz CT molecular complexity index is 700. The van der Waals surface area contributed by atoms with Gasteiger partial charge in [-0.25, -0.2) is 8.42 Å². The maximum absolute atomic E-state index is 12.9.